The molecule has 0 aromatic heterocycles. The molecule has 0 saturated heterocycles. The Morgan fingerprint density at radius 1 is 0.846 bits per heavy atom. The van der Waals surface area contributed by atoms with Crippen LogP contribution in [0.15, 0.2) is 82.6 Å². The highest BCUT2D eigenvalue weighted by atomic mass is 32.2. The second kappa shape index (κ2) is 8.72. The van der Waals surface area contributed by atoms with Gasteiger partial charge in [0.1, 0.15) is 0 Å². The minimum absolute atomic E-state index is 0.0448. The highest BCUT2D eigenvalue weighted by molar-refractivity contribution is 7.99. The average Bonchev–Trinajstić information content (AvgIpc) is 2.65. The molecular weight excluding hydrogens is 338 g/mol. The molecule has 0 atom stereocenters. The number of rotatable bonds is 6. The van der Waals surface area contributed by atoms with Crippen LogP contribution >= 0.6 is 11.8 Å². The number of benzene rings is 3. The zero-order valence-electron chi connectivity index (χ0n) is 15.2. The molecule has 26 heavy (non-hydrogen) atoms. The van der Waals surface area contributed by atoms with Crippen molar-refractivity contribution in [3.63, 3.8) is 0 Å². The van der Waals surface area contributed by atoms with Gasteiger partial charge >= 0.3 is 0 Å². The molecule has 0 aliphatic heterocycles. The predicted octanol–water partition coefficient (Wildman–Crippen LogP) is 6.03. The summed E-state index contributed by atoms with van der Waals surface area (Å²) in [5.41, 5.74) is 4.63. The Balaban J connectivity index is 1.53. The number of nitrogens with one attached hydrogen (secondary N) is 1. The number of hydrogen-bond acceptors (Lipinski definition) is 2. The molecule has 2 nitrogen and oxygen atoms in total. The number of anilines is 1. The molecule has 3 aromatic rings. The Morgan fingerprint density at radius 2 is 1.54 bits per heavy atom. The molecule has 0 spiro atoms. The maximum absolute atomic E-state index is 12.1. The van der Waals surface area contributed by atoms with Gasteiger partial charge in [-0.05, 0) is 73.4 Å². The van der Waals surface area contributed by atoms with Gasteiger partial charge in [-0.15, -0.1) is 0 Å². The summed E-state index contributed by atoms with van der Waals surface area (Å²) in [4.78, 5) is 14.5. The van der Waals surface area contributed by atoms with E-state index < -0.39 is 0 Å². The van der Waals surface area contributed by atoms with Gasteiger partial charge in [0.15, 0.2) is 0 Å². The van der Waals surface area contributed by atoms with E-state index in [-0.39, 0.29) is 5.91 Å². The fourth-order valence-electron chi connectivity index (χ4n) is 2.65. The molecule has 0 unspecified atom stereocenters. The van der Waals surface area contributed by atoms with Crippen LogP contribution in [0, 0.1) is 13.8 Å². The molecule has 1 amide bonds. The Morgan fingerprint density at radius 3 is 2.23 bits per heavy atom. The van der Waals surface area contributed by atoms with Gasteiger partial charge in [0, 0.05) is 21.9 Å². The van der Waals surface area contributed by atoms with E-state index in [2.05, 4.69) is 37.4 Å². The van der Waals surface area contributed by atoms with Crippen LogP contribution in [0.25, 0.3) is 0 Å². The third-order valence-electron chi connectivity index (χ3n) is 4.34. The van der Waals surface area contributed by atoms with Crippen molar-refractivity contribution in [2.75, 3.05) is 5.32 Å². The van der Waals surface area contributed by atoms with Gasteiger partial charge in [-0.25, -0.2) is 0 Å². The molecule has 0 saturated carbocycles. The fraction of sp³-hybridized carbons (Fsp3) is 0.174. The second-order valence-electron chi connectivity index (χ2n) is 6.41. The van der Waals surface area contributed by atoms with Crippen molar-refractivity contribution in [2.24, 2.45) is 0 Å². The molecule has 0 fully saturated rings. The first-order valence-corrected chi connectivity index (χ1v) is 9.61. The predicted molar refractivity (Wildman–Crippen MR) is 110 cm³/mol. The van der Waals surface area contributed by atoms with E-state index in [1.807, 2.05) is 54.6 Å². The third kappa shape index (κ3) is 5.24. The Hall–Kier alpha value is -2.52. The van der Waals surface area contributed by atoms with Crippen LogP contribution < -0.4 is 5.32 Å². The lowest BCUT2D eigenvalue weighted by atomic mass is 10.1. The summed E-state index contributed by atoms with van der Waals surface area (Å²) in [5.74, 6) is 0.0448. The maximum atomic E-state index is 12.1. The van der Waals surface area contributed by atoms with Gasteiger partial charge in [0.2, 0.25) is 5.91 Å². The summed E-state index contributed by atoms with van der Waals surface area (Å²) in [6.45, 7) is 4.26. The molecule has 0 aliphatic carbocycles. The number of amides is 1. The first-order chi connectivity index (χ1) is 12.6. The number of aryl methyl sites for hydroxylation is 3. The zero-order chi connectivity index (χ0) is 18.4. The molecule has 0 heterocycles. The summed E-state index contributed by atoms with van der Waals surface area (Å²) < 4.78 is 0. The summed E-state index contributed by atoms with van der Waals surface area (Å²) in [5, 5.41) is 2.97. The highest BCUT2D eigenvalue weighted by Crippen LogP contribution is 2.29. The highest BCUT2D eigenvalue weighted by Gasteiger charge is 2.04. The van der Waals surface area contributed by atoms with Crippen molar-refractivity contribution in [1.29, 1.82) is 0 Å². The zero-order valence-corrected chi connectivity index (χ0v) is 16.0. The Bertz CT molecular complexity index is 872. The topological polar surface area (TPSA) is 29.1 Å². The monoisotopic (exact) mass is 361 g/mol. The lowest BCUT2D eigenvalue weighted by Crippen LogP contribution is -2.12. The van der Waals surface area contributed by atoms with Crippen molar-refractivity contribution in [1.82, 2.24) is 0 Å². The number of carbonyl (C=O) groups is 1. The molecule has 132 valence electrons. The van der Waals surface area contributed by atoms with E-state index in [0.29, 0.717) is 6.42 Å². The third-order valence-corrected chi connectivity index (χ3v) is 5.33. The van der Waals surface area contributed by atoms with E-state index in [1.165, 1.54) is 21.6 Å². The summed E-state index contributed by atoms with van der Waals surface area (Å²) >= 11 is 1.73. The van der Waals surface area contributed by atoms with Crippen molar-refractivity contribution in [3.8, 4) is 0 Å². The van der Waals surface area contributed by atoms with E-state index in [1.54, 1.807) is 11.8 Å². The molecular formula is C23H23NOS. The summed E-state index contributed by atoms with van der Waals surface area (Å²) in [7, 11) is 0. The number of carbonyl (C=O) groups excluding carboxylic acids is 1. The molecule has 3 rings (SSSR count). The van der Waals surface area contributed by atoms with E-state index in [0.717, 1.165) is 17.0 Å². The summed E-state index contributed by atoms with van der Waals surface area (Å²) in [6.07, 6.45) is 1.25. The largest absolute Gasteiger partial charge is 0.326 e. The van der Waals surface area contributed by atoms with E-state index in [9.17, 15) is 4.79 Å². The van der Waals surface area contributed by atoms with Crippen LogP contribution in [-0.4, -0.2) is 5.91 Å². The first-order valence-electron chi connectivity index (χ1n) is 8.79. The van der Waals surface area contributed by atoms with Crippen LogP contribution in [0.5, 0.6) is 0 Å². The SMILES string of the molecule is Cc1ccc(Sc2ccc(NC(=O)CCc3ccccc3)cc2)cc1C. The van der Waals surface area contributed by atoms with Crippen molar-refractivity contribution < 1.29 is 4.79 Å². The van der Waals surface area contributed by atoms with Crippen LogP contribution in [-0.2, 0) is 11.2 Å². The lowest BCUT2D eigenvalue weighted by Gasteiger charge is -2.08. The molecule has 1 N–H and O–H groups in total. The van der Waals surface area contributed by atoms with E-state index >= 15 is 0 Å². The van der Waals surface area contributed by atoms with Gasteiger partial charge in [0.25, 0.3) is 0 Å². The quantitative estimate of drug-likeness (QED) is 0.581. The fourth-order valence-corrected chi connectivity index (χ4v) is 3.56. The average molecular weight is 362 g/mol. The number of hydrogen-bond donors (Lipinski definition) is 1. The Kier molecular flexibility index (Phi) is 6.13. The molecule has 3 aromatic carbocycles. The van der Waals surface area contributed by atoms with Crippen molar-refractivity contribution in [2.45, 2.75) is 36.5 Å². The molecule has 0 aliphatic rings. The van der Waals surface area contributed by atoms with Gasteiger partial charge < -0.3 is 5.32 Å². The Labute approximate surface area is 159 Å². The smallest absolute Gasteiger partial charge is 0.224 e. The molecule has 0 bridgehead atoms. The van der Waals surface area contributed by atoms with Crippen LogP contribution in [0.3, 0.4) is 0 Å². The molecule has 0 radical (unpaired) electrons. The normalized spacial score (nSPS) is 10.5. The van der Waals surface area contributed by atoms with Crippen LogP contribution in [0.1, 0.15) is 23.1 Å². The van der Waals surface area contributed by atoms with Gasteiger partial charge in [-0.3, -0.25) is 4.79 Å². The summed E-state index contributed by atoms with van der Waals surface area (Å²) in [6, 6.07) is 24.6. The van der Waals surface area contributed by atoms with Gasteiger partial charge in [0.05, 0.1) is 0 Å². The van der Waals surface area contributed by atoms with Crippen LogP contribution in [0.4, 0.5) is 5.69 Å². The minimum Gasteiger partial charge on any atom is -0.326 e. The van der Waals surface area contributed by atoms with Crippen molar-refractivity contribution in [3.05, 3.63) is 89.5 Å². The van der Waals surface area contributed by atoms with Crippen LogP contribution in [0.2, 0.25) is 0 Å². The van der Waals surface area contributed by atoms with Gasteiger partial charge in [-0.2, -0.15) is 0 Å². The second-order valence-corrected chi connectivity index (χ2v) is 7.55. The van der Waals surface area contributed by atoms with Crippen molar-refractivity contribution >= 4 is 23.4 Å². The maximum Gasteiger partial charge on any atom is 0.224 e. The molecule has 3 heteroatoms. The van der Waals surface area contributed by atoms with E-state index in [4.69, 9.17) is 0 Å². The van der Waals surface area contributed by atoms with Gasteiger partial charge in [-0.1, -0.05) is 48.2 Å². The lowest BCUT2D eigenvalue weighted by molar-refractivity contribution is -0.116. The first kappa shape index (κ1) is 18.3. The minimum atomic E-state index is 0.0448. The standard InChI is InChI=1S/C23H23NOS/c1-17-8-12-22(16-18(17)2)26-21-13-10-20(11-14-21)24-23(25)15-9-19-6-4-3-5-7-19/h3-8,10-14,16H,9,15H2,1-2H3,(H,24,25).